The van der Waals surface area contributed by atoms with Crippen LogP contribution < -0.4 is 0 Å². The fourth-order valence-electron chi connectivity index (χ4n) is 0.552. The van der Waals surface area contributed by atoms with Crippen LogP contribution in [0, 0.1) is 0 Å². The summed E-state index contributed by atoms with van der Waals surface area (Å²) in [6.45, 7) is 6.20. The zero-order valence-electron chi connectivity index (χ0n) is 9.03. The Morgan fingerprint density at radius 1 is 0.857 bits per heavy atom. The van der Waals surface area contributed by atoms with E-state index in [-0.39, 0.29) is 0 Å². The van der Waals surface area contributed by atoms with Gasteiger partial charge in [0.25, 0.3) is 12.9 Å². The highest BCUT2D eigenvalue weighted by atomic mass is 16.5. The van der Waals surface area contributed by atoms with Crippen LogP contribution in [-0.4, -0.2) is 26.2 Å². The number of hydrogen-bond donors (Lipinski definition) is 0. The van der Waals surface area contributed by atoms with Crippen molar-refractivity contribution in [2.75, 3.05) is 13.2 Å². The fraction of sp³-hybridized carbons (Fsp3) is 0.800. The predicted octanol–water partition coefficient (Wildman–Crippen LogP) is 1.92. The second kappa shape index (κ2) is 17.9. The molecule has 0 amide bonds. The van der Waals surface area contributed by atoms with Gasteiger partial charge < -0.3 is 9.47 Å². The van der Waals surface area contributed by atoms with E-state index in [2.05, 4.69) is 9.47 Å². The average molecular weight is 204 g/mol. The van der Waals surface area contributed by atoms with Crippen molar-refractivity contribution in [3.63, 3.8) is 0 Å². The van der Waals surface area contributed by atoms with Gasteiger partial charge in [0.1, 0.15) is 0 Å². The monoisotopic (exact) mass is 204 g/mol. The van der Waals surface area contributed by atoms with Crippen LogP contribution in [0.4, 0.5) is 0 Å². The third kappa shape index (κ3) is 22.4. The van der Waals surface area contributed by atoms with Crippen molar-refractivity contribution in [1.29, 1.82) is 0 Å². The minimum atomic E-state index is 0.482. The van der Waals surface area contributed by atoms with Crippen LogP contribution in [0.5, 0.6) is 0 Å². The Labute approximate surface area is 85.6 Å². The number of unbranched alkanes of at least 4 members (excludes halogenated alkanes) is 2. The highest BCUT2D eigenvalue weighted by Gasteiger charge is 1.78. The molecule has 0 bridgehead atoms. The maximum atomic E-state index is 9.46. The van der Waals surface area contributed by atoms with Crippen LogP contribution in [0.2, 0.25) is 0 Å². The van der Waals surface area contributed by atoms with E-state index in [4.69, 9.17) is 0 Å². The van der Waals surface area contributed by atoms with Gasteiger partial charge in [0.05, 0.1) is 13.2 Å². The quantitative estimate of drug-likeness (QED) is 0.447. The first-order chi connectivity index (χ1) is 6.83. The second-order valence-electron chi connectivity index (χ2n) is 2.64. The molecule has 0 aliphatic heterocycles. The summed E-state index contributed by atoms with van der Waals surface area (Å²) in [6.07, 6.45) is 4.10. The third-order valence-corrected chi connectivity index (χ3v) is 1.37. The Bertz CT molecular complexity index is 101. The zero-order valence-corrected chi connectivity index (χ0v) is 9.03. The van der Waals surface area contributed by atoms with E-state index in [0.717, 1.165) is 25.7 Å². The molecule has 0 aromatic rings. The smallest absolute Gasteiger partial charge is 0.293 e. The molecular formula is C10H20O4. The summed E-state index contributed by atoms with van der Waals surface area (Å²) in [5, 5.41) is 0. The minimum absolute atomic E-state index is 0.482. The third-order valence-electron chi connectivity index (χ3n) is 1.37. The first-order valence-corrected chi connectivity index (χ1v) is 4.93. The summed E-state index contributed by atoms with van der Waals surface area (Å²) in [4.78, 5) is 18.9. The van der Waals surface area contributed by atoms with Gasteiger partial charge in [0, 0.05) is 0 Å². The maximum absolute atomic E-state index is 9.46. The Morgan fingerprint density at radius 2 is 1.21 bits per heavy atom. The summed E-state index contributed by atoms with van der Waals surface area (Å²) in [5.41, 5.74) is 0. The Kier molecular flexibility index (Phi) is 19.7. The SMILES string of the molecule is CCCCOC=O.CCCCOC=O. The van der Waals surface area contributed by atoms with Gasteiger partial charge in [-0.1, -0.05) is 26.7 Å². The van der Waals surface area contributed by atoms with Crippen molar-refractivity contribution in [2.45, 2.75) is 39.5 Å². The molecule has 0 fully saturated rings. The van der Waals surface area contributed by atoms with Crippen molar-refractivity contribution >= 4 is 12.9 Å². The van der Waals surface area contributed by atoms with Gasteiger partial charge in [-0.05, 0) is 12.8 Å². The van der Waals surface area contributed by atoms with Gasteiger partial charge >= 0.3 is 0 Å². The van der Waals surface area contributed by atoms with Gasteiger partial charge in [0.2, 0.25) is 0 Å². The molecule has 0 radical (unpaired) electrons. The molecule has 0 aromatic heterocycles. The van der Waals surface area contributed by atoms with Crippen LogP contribution in [-0.2, 0) is 19.1 Å². The number of carbonyl (C=O) groups is 2. The van der Waals surface area contributed by atoms with E-state index in [1.165, 1.54) is 0 Å². The van der Waals surface area contributed by atoms with E-state index in [1.807, 2.05) is 13.8 Å². The van der Waals surface area contributed by atoms with E-state index in [0.29, 0.717) is 26.2 Å². The molecule has 0 aromatic carbocycles. The maximum Gasteiger partial charge on any atom is 0.293 e. The molecule has 0 spiro atoms. The number of carbonyl (C=O) groups excluding carboxylic acids is 2. The van der Waals surface area contributed by atoms with Crippen molar-refractivity contribution in [3.8, 4) is 0 Å². The molecule has 0 aliphatic rings. The Balaban J connectivity index is 0. The van der Waals surface area contributed by atoms with Gasteiger partial charge in [-0.25, -0.2) is 0 Å². The minimum Gasteiger partial charge on any atom is -0.468 e. The molecule has 0 saturated carbocycles. The summed E-state index contributed by atoms with van der Waals surface area (Å²) < 4.78 is 8.79. The van der Waals surface area contributed by atoms with Crippen molar-refractivity contribution in [1.82, 2.24) is 0 Å². The average Bonchev–Trinajstić information content (AvgIpc) is 2.21. The number of rotatable bonds is 8. The lowest BCUT2D eigenvalue weighted by molar-refractivity contribution is -0.129. The predicted molar refractivity (Wildman–Crippen MR) is 53.8 cm³/mol. The molecule has 0 saturated heterocycles. The normalized spacial score (nSPS) is 8.14. The molecule has 0 rings (SSSR count). The summed E-state index contributed by atoms with van der Waals surface area (Å²) in [7, 11) is 0. The second-order valence-corrected chi connectivity index (χ2v) is 2.64. The van der Waals surface area contributed by atoms with E-state index < -0.39 is 0 Å². The van der Waals surface area contributed by atoms with Crippen molar-refractivity contribution in [2.24, 2.45) is 0 Å². The fourth-order valence-corrected chi connectivity index (χ4v) is 0.552. The highest BCUT2D eigenvalue weighted by Crippen LogP contribution is 1.84. The van der Waals surface area contributed by atoms with Gasteiger partial charge in [-0.2, -0.15) is 0 Å². The summed E-state index contributed by atoms with van der Waals surface area (Å²) >= 11 is 0. The van der Waals surface area contributed by atoms with E-state index >= 15 is 0 Å². The molecule has 0 N–H and O–H groups in total. The lowest BCUT2D eigenvalue weighted by atomic mass is 10.4. The summed E-state index contributed by atoms with van der Waals surface area (Å²) in [6, 6.07) is 0. The standard InChI is InChI=1S/2C5H10O2/c2*1-2-3-4-7-5-6/h2*5H,2-4H2,1H3. The summed E-state index contributed by atoms with van der Waals surface area (Å²) in [5.74, 6) is 0. The zero-order chi connectivity index (χ0) is 11.1. The molecule has 0 heterocycles. The van der Waals surface area contributed by atoms with Gasteiger partial charge in [-0.15, -0.1) is 0 Å². The van der Waals surface area contributed by atoms with Crippen LogP contribution >= 0.6 is 0 Å². The number of hydrogen-bond acceptors (Lipinski definition) is 4. The highest BCUT2D eigenvalue weighted by molar-refractivity contribution is 5.36. The lowest BCUT2D eigenvalue weighted by Crippen LogP contribution is -1.88. The lowest BCUT2D eigenvalue weighted by Gasteiger charge is -1.90. The molecule has 0 unspecified atom stereocenters. The van der Waals surface area contributed by atoms with Gasteiger partial charge in [0.15, 0.2) is 0 Å². The molecular weight excluding hydrogens is 184 g/mol. The van der Waals surface area contributed by atoms with Gasteiger partial charge in [-0.3, -0.25) is 9.59 Å². The largest absolute Gasteiger partial charge is 0.468 e. The molecule has 0 aliphatic carbocycles. The topological polar surface area (TPSA) is 52.6 Å². The van der Waals surface area contributed by atoms with Crippen LogP contribution in [0.15, 0.2) is 0 Å². The molecule has 84 valence electrons. The first-order valence-electron chi connectivity index (χ1n) is 4.93. The van der Waals surface area contributed by atoms with E-state index in [1.54, 1.807) is 0 Å². The van der Waals surface area contributed by atoms with Crippen LogP contribution in [0.1, 0.15) is 39.5 Å². The van der Waals surface area contributed by atoms with Crippen molar-refractivity contribution in [3.05, 3.63) is 0 Å². The molecule has 4 heteroatoms. The first kappa shape index (κ1) is 15.4. The van der Waals surface area contributed by atoms with Crippen LogP contribution in [0.3, 0.4) is 0 Å². The Morgan fingerprint density at radius 3 is 1.43 bits per heavy atom. The van der Waals surface area contributed by atoms with E-state index in [9.17, 15) is 9.59 Å². The Hall–Kier alpha value is -1.06. The number of ether oxygens (including phenoxy) is 2. The molecule has 14 heavy (non-hydrogen) atoms. The van der Waals surface area contributed by atoms with Crippen molar-refractivity contribution < 1.29 is 19.1 Å². The van der Waals surface area contributed by atoms with Crippen LogP contribution in [0.25, 0.3) is 0 Å². The molecule has 0 atom stereocenters. The molecule has 4 nitrogen and oxygen atoms in total.